The van der Waals surface area contributed by atoms with E-state index < -0.39 is 34.9 Å². The van der Waals surface area contributed by atoms with Crippen molar-refractivity contribution in [2.45, 2.75) is 53.6 Å². The summed E-state index contributed by atoms with van der Waals surface area (Å²) in [6.45, 7) is 11.1. The van der Waals surface area contributed by atoms with Crippen molar-refractivity contribution in [1.82, 2.24) is 9.97 Å². The molecule has 0 unspecified atom stereocenters. The molecule has 0 aliphatic heterocycles. The van der Waals surface area contributed by atoms with Gasteiger partial charge in [0.05, 0.1) is 23.0 Å². The largest absolute Gasteiger partial charge is 1.00 e. The molecule has 2 aromatic heterocycles. The van der Waals surface area contributed by atoms with Crippen molar-refractivity contribution in [1.29, 1.82) is 0 Å². The first kappa shape index (κ1) is 38.2. The van der Waals surface area contributed by atoms with Crippen molar-refractivity contribution < 1.29 is 101 Å². The average molecular weight is 602 g/mol. The van der Waals surface area contributed by atoms with Gasteiger partial charge in [0, 0.05) is 46.7 Å². The molecule has 0 radical (unpaired) electrons. The third-order valence-electron chi connectivity index (χ3n) is 6.15. The van der Waals surface area contributed by atoms with Gasteiger partial charge in [-0.3, -0.25) is 20.0 Å². The Labute approximate surface area is 311 Å². The Bertz CT molecular complexity index is 1430. The monoisotopic (exact) mass is 601 g/mol. The van der Waals surface area contributed by atoms with E-state index in [1.54, 1.807) is 24.8 Å². The minimum absolute atomic E-state index is 0. The summed E-state index contributed by atoms with van der Waals surface area (Å²) in [4.78, 5) is 39.6. The van der Waals surface area contributed by atoms with E-state index in [0.717, 1.165) is 32.9 Å². The van der Waals surface area contributed by atoms with E-state index in [2.05, 4.69) is 20.0 Å². The zero-order valence-corrected chi connectivity index (χ0v) is 30.8. The normalized spacial score (nSPS) is 13.1. The second-order valence-corrected chi connectivity index (χ2v) is 11.6. The van der Waals surface area contributed by atoms with E-state index >= 15 is 0 Å². The van der Waals surface area contributed by atoms with E-state index in [9.17, 15) is 19.8 Å². The number of hydrogen-bond acceptors (Lipinski definition) is 7. The van der Waals surface area contributed by atoms with E-state index in [4.69, 9.17) is 0 Å². The number of carboxylic acid groups (broad SMARTS) is 2. The molecule has 0 amide bonds. The number of carbonyl (C=O) groups is 2. The molecule has 2 aromatic carbocycles. The molecule has 10 heteroatoms. The average Bonchev–Trinajstić information content (AvgIpc) is 2.87. The van der Waals surface area contributed by atoms with Gasteiger partial charge in [-0.25, -0.2) is 4.79 Å². The van der Waals surface area contributed by atoms with Crippen molar-refractivity contribution in [3.05, 3.63) is 84.2 Å². The molecule has 0 aliphatic rings. The Morgan fingerprint density at radius 2 is 1.12 bits per heavy atom. The molecule has 208 valence electrons. The summed E-state index contributed by atoms with van der Waals surface area (Å²) in [7, 11) is 0. The molecule has 42 heavy (non-hydrogen) atoms. The van der Waals surface area contributed by atoms with Crippen LogP contribution in [0.25, 0.3) is 21.8 Å². The number of fused-ring (bicyclic) bond motifs is 2. The maximum absolute atomic E-state index is 11.3. The number of carbonyl (C=O) groups excluding carboxylic acids is 1. The van der Waals surface area contributed by atoms with Crippen molar-refractivity contribution in [2.75, 3.05) is 0 Å². The summed E-state index contributed by atoms with van der Waals surface area (Å²) in [5, 5.41) is 22.5. The van der Waals surface area contributed by atoms with Gasteiger partial charge in [-0.15, -0.1) is 0 Å². The third-order valence-corrected chi connectivity index (χ3v) is 6.15. The van der Waals surface area contributed by atoms with Gasteiger partial charge >= 0.3 is 86.9 Å². The summed E-state index contributed by atoms with van der Waals surface area (Å²) in [6, 6.07) is 17.5. The van der Waals surface area contributed by atoms with Crippen LogP contribution >= 0.6 is 0 Å². The first-order valence-corrected chi connectivity index (χ1v) is 13.0. The number of carboxylic acids is 2. The molecule has 2 heterocycles. The number of pyridine rings is 2. The summed E-state index contributed by atoms with van der Waals surface area (Å²) in [5.74, 6) is -2.08. The maximum atomic E-state index is 11.3. The Hall–Kier alpha value is -1.82. The number of hydrogen-bond donors (Lipinski definition) is 1. The molecule has 8 nitrogen and oxygen atoms in total. The summed E-state index contributed by atoms with van der Waals surface area (Å²) in [6.07, 6.45) is 6.61. The van der Waals surface area contributed by atoms with Gasteiger partial charge < -0.3 is 15.0 Å². The number of aliphatic carboxylic acids is 2. The smallest absolute Gasteiger partial charge is 0.548 e. The fourth-order valence-corrected chi connectivity index (χ4v) is 4.07. The van der Waals surface area contributed by atoms with Crippen molar-refractivity contribution in [3.63, 3.8) is 0 Å². The molecule has 0 spiro atoms. The Kier molecular flexibility index (Phi) is 15.3. The van der Waals surface area contributed by atoms with Crippen LogP contribution < -0.4 is 86.0 Å². The van der Waals surface area contributed by atoms with Gasteiger partial charge in [0.1, 0.15) is 0 Å². The molecular weight excluding hydrogens is 566 g/mol. The van der Waals surface area contributed by atoms with Crippen LogP contribution in [-0.2, 0) is 9.59 Å². The van der Waals surface area contributed by atoms with Gasteiger partial charge in [0.2, 0.25) is 0 Å². The Morgan fingerprint density at radius 3 is 1.48 bits per heavy atom. The number of benzene rings is 2. The molecule has 0 saturated carbocycles. The van der Waals surface area contributed by atoms with Crippen LogP contribution in [0.1, 0.15) is 52.7 Å². The molecular formula is C32H35KN4NaO4+. The first-order chi connectivity index (χ1) is 18.8. The second-order valence-electron chi connectivity index (χ2n) is 11.6. The van der Waals surface area contributed by atoms with E-state index in [-0.39, 0.29) is 80.9 Å². The number of para-hydroxylation sites is 2. The number of aromatic nitrogens is 2. The summed E-state index contributed by atoms with van der Waals surface area (Å²) >= 11 is 0. The number of aliphatic imine (C=N–C) groups is 2. The molecule has 4 rings (SSSR count). The van der Waals surface area contributed by atoms with E-state index in [0.29, 0.717) is 0 Å². The quantitative estimate of drug-likeness (QED) is 0.223. The minimum Gasteiger partial charge on any atom is -0.548 e. The van der Waals surface area contributed by atoms with Crippen molar-refractivity contribution >= 4 is 46.2 Å². The topological polar surface area (TPSA) is 128 Å². The fraction of sp³-hybridized carbons (Fsp3) is 0.312. The Balaban J connectivity index is 0.000000401. The van der Waals surface area contributed by atoms with Crippen LogP contribution in [0, 0.1) is 10.8 Å². The van der Waals surface area contributed by atoms with Gasteiger partial charge in [-0.2, -0.15) is 0 Å². The first-order valence-electron chi connectivity index (χ1n) is 13.0. The maximum Gasteiger partial charge on any atom is 1.00 e. The molecule has 2 atom stereocenters. The summed E-state index contributed by atoms with van der Waals surface area (Å²) in [5.41, 5.74) is 2.35. The van der Waals surface area contributed by atoms with Crippen molar-refractivity contribution in [2.24, 2.45) is 20.8 Å². The van der Waals surface area contributed by atoms with Gasteiger partial charge in [-0.05, 0) is 23.0 Å². The van der Waals surface area contributed by atoms with Gasteiger partial charge in [0.15, 0.2) is 6.04 Å². The van der Waals surface area contributed by atoms with Crippen LogP contribution in [0.3, 0.4) is 0 Å². The molecule has 0 bridgehead atoms. The number of rotatable bonds is 6. The van der Waals surface area contributed by atoms with Crippen LogP contribution in [0.15, 0.2) is 83.0 Å². The second kappa shape index (κ2) is 16.9. The Morgan fingerprint density at radius 1 is 0.738 bits per heavy atom. The van der Waals surface area contributed by atoms with E-state index in [1.807, 2.05) is 102 Å². The van der Waals surface area contributed by atoms with Gasteiger partial charge in [-0.1, -0.05) is 90.1 Å². The van der Waals surface area contributed by atoms with Crippen LogP contribution in [0.5, 0.6) is 0 Å². The van der Waals surface area contributed by atoms with E-state index in [1.165, 1.54) is 0 Å². The predicted molar refractivity (Wildman–Crippen MR) is 158 cm³/mol. The fourth-order valence-electron chi connectivity index (χ4n) is 4.07. The number of nitrogens with zero attached hydrogens (tertiary/aromatic N) is 4. The SMILES string of the molecule is CC(C)(C)[C@H](N=Cc1cccc2cccnc12)C(=O)O.CC(C)(C)[C@H](N=Cc1cccc2cccnc12)C(=O)[O-].[K+].[Na+]. The molecule has 4 aromatic rings. The predicted octanol–water partition coefficient (Wildman–Crippen LogP) is -1.02. The zero-order chi connectivity index (χ0) is 29.5. The minimum atomic E-state index is -1.16. The molecule has 0 fully saturated rings. The molecule has 0 saturated heterocycles. The van der Waals surface area contributed by atoms with Crippen LogP contribution in [0.4, 0.5) is 0 Å². The van der Waals surface area contributed by atoms with Gasteiger partial charge in [0.25, 0.3) is 0 Å². The summed E-state index contributed by atoms with van der Waals surface area (Å²) < 4.78 is 0. The third kappa shape index (κ3) is 10.7. The standard InChI is InChI=1S/2C16H18N2O2.K.Na/c2*1-16(2,3)14(15(19)20)18-10-12-7-4-6-11-8-5-9-17-13(11)12;;/h2*4-10,14H,1-3H3,(H,19,20);;/q;;2*+1/p-1/t2*14-;;/m11../s1. The van der Waals surface area contributed by atoms with Crippen LogP contribution in [0.2, 0.25) is 0 Å². The zero-order valence-electron chi connectivity index (χ0n) is 25.7. The molecule has 0 aliphatic carbocycles. The van der Waals surface area contributed by atoms with Crippen LogP contribution in [-0.4, -0.2) is 51.5 Å². The van der Waals surface area contributed by atoms with Crippen molar-refractivity contribution in [3.8, 4) is 0 Å². The molecule has 1 N–H and O–H groups in total.